The molecule has 1 fully saturated rings. The molecule has 0 amide bonds. The topological polar surface area (TPSA) is 40.5 Å². The van der Waals surface area contributed by atoms with E-state index in [4.69, 9.17) is 5.11 Å². The monoisotopic (exact) mass is 201 g/mol. The highest BCUT2D eigenvalue weighted by molar-refractivity contribution is 5.85. The summed E-state index contributed by atoms with van der Waals surface area (Å²) in [4.78, 5) is 11.3. The summed E-state index contributed by atoms with van der Waals surface area (Å²) in [5, 5.41) is 8.26. The number of likely N-dealkylation sites (tertiary alicyclic amines) is 1. The summed E-state index contributed by atoms with van der Waals surface area (Å²) in [5.74, 6) is -3.74. The maximum absolute atomic E-state index is 12.4. The quantitative estimate of drug-likeness (QED) is 0.720. The normalized spacial score (nSPS) is 21.8. The minimum absolute atomic E-state index is 0. The van der Waals surface area contributed by atoms with E-state index in [2.05, 4.69) is 0 Å². The molecule has 72 valence electrons. The van der Waals surface area contributed by atoms with Crippen molar-refractivity contribution in [1.29, 1.82) is 0 Å². The molecule has 1 aliphatic rings. The second-order valence-electron chi connectivity index (χ2n) is 2.71. The van der Waals surface area contributed by atoms with E-state index in [9.17, 15) is 13.6 Å². The van der Waals surface area contributed by atoms with E-state index in [-0.39, 0.29) is 31.9 Å². The largest absolute Gasteiger partial charge is 0.480 e. The molecule has 0 aliphatic carbocycles. The van der Waals surface area contributed by atoms with E-state index >= 15 is 0 Å². The van der Waals surface area contributed by atoms with Crippen molar-refractivity contribution >= 4 is 18.4 Å². The molecule has 0 aromatic heterocycles. The molecule has 0 unspecified atom stereocenters. The van der Waals surface area contributed by atoms with E-state index in [1.165, 1.54) is 4.90 Å². The van der Waals surface area contributed by atoms with Crippen LogP contribution in [0.5, 0.6) is 0 Å². The van der Waals surface area contributed by atoms with Crippen LogP contribution in [0.2, 0.25) is 0 Å². The first-order valence-electron chi connectivity index (χ1n) is 3.32. The number of alkyl halides is 2. The van der Waals surface area contributed by atoms with Crippen molar-refractivity contribution < 1.29 is 18.7 Å². The molecule has 0 aromatic carbocycles. The summed E-state index contributed by atoms with van der Waals surface area (Å²) in [6, 6.07) is 0. The van der Waals surface area contributed by atoms with Gasteiger partial charge in [-0.1, -0.05) is 0 Å². The third kappa shape index (κ3) is 3.32. The molecule has 0 saturated carbocycles. The zero-order valence-corrected chi connectivity index (χ0v) is 7.11. The second kappa shape index (κ2) is 4.00. The number of nitrogens with zero attached hydrogens (tertiary/aromatic N) is 1. The Morgan fingerprint density at radius 3 is 2.50 bits per heavy atom. The number of hydrogen-bond donors (Lipinski definition) is 1. The lowest BCUT2D eigenvalue weighted by Crippen LogP contribution is -2.30. The van der Waals surface area contributed by atoms with Crippen LogP contribution in [0.1, 0.15) is 6.42 Å². The van der Waals surface area contributed by atoms with Crippen molar-refractivity contribution in [3.05, 3.63) is 0 Å². The molecule has 0 spiro atoms. The maximum atomic E-state index is 12.4. The smallest absolute Gasteiger partial charge is 0.317 e. The first kappa shape index (κ1) is 11.6. The average Bonchev–Trinajstić information content (AvgIpc) is 2.08. The van der Waals surface area contributed by atoms with Gasteiger partial charge in [-0.3, -0.25) is 9.69 Å². The van der Waals surface area contributed by atoms with Crippen molar-refractivity contribution in [2.45, 2.75) is 12.3 Å². The van der Waals surface area contributed by atoms with Crippen LogP contribution < -0.4 is 0 Å². The Balaban J connectivity index is 0.00000121. The Bertz CT molecular complexity index is 177. The van der Waals surface area contributed by atoms with Gasteiger partial charge < -0.3 is 5.11 Å². The van der Waals surface area contributed by atoms with Crippen LogP contribution in [0.15, 0.2) is 0 Å². The Kier molecular flexibility index (Phi) is 3.86. The SMILES string of the molecule is Cl.O=C(O)CN1CCC(F)(F)C1. The lowest BCUT2D eigenvalue weighted by Gasteiger charge is -2.11. The van der Waals surface area contributed by atoms with Crippen LogP contribution in [-0.4, -0.2) is 41.5 Å². The van der Waals surface area contributed by atoms with Gasteiger partial charge in [0.1, 0.15) is 0 Å². The predicted molar refractivity (Wildman–Crippen MR) is 40.9 cm³/mol. The van der Waals surface area contributed by atoms with Crippen LogP contribution in [0.25, 0.3) is 0 Å². The first-order chi connectivity index (χ1) is 4.99. The minimum atomic E-state index is -2.69. The van der Waals surface area contributed by atoms with Gasteiger partial charge in [-0.05, 0) is 0 Å². The molecule has 1 N–H and O–H groups in total. The highest BCUT2D eigenvalue weighted by atomic mass is 35.5. The van der Waals surface area contributed by atoms with Gasteiger partial charge in [-0.15, -0.1) is 12.4 Å². The van der Waals surface area contributed by atoms with E-state index in [0.717, 1.165) is 0 Å². The minimum Gasteiger partial charge on any atom is -0.480 e. The summed E-state index contributed by atoms with van der Waals surface area (Å²) >= 11 is 0. The highest BCUT2D eigenvalue weighted by Gasteiger charge is 2.38. The van der Waals surface area contributed by atoms with Gasteiger partial charge in [-0.25, -0.2) is 8.78 Å². The summed E-state index contributed by atoms with van der Waals surface area (Å²) < 4.78 is 24.8. The zero-order chi connectivity index (χ0) is 8.48. The average molecular weight is 202 g/mol. The fraction of sp³-hybridized carbons (Fsp3) is 0.833. The molecule has 1 saturated heterocycles. The molecule has 1 rings (SSSR count). The number of carboxylic acids is 1. The van der Waals surface area contributed by atoms with Gasteiger partial charge in [0.05, 0.1) is 13.1 Å². The summed E-state index contributed by atoms with van der Waals surface area (Å²) in [6.07, 6.45) is -0.222. The molecule has 1 aliphatic heterocycles. The molecule has 3 nitrogen and oxygen atoms in total. The Labute approximate surface area is 74.8 Å². The molecule has 0 aromatic rings. The summed E-state index contributed by atoms with van der Waals surface area (Å²) in [6.45, 7) is -0.520. The number of carbonyl (C=O) groups is 1. The Morgan fingerprint density at radius 2 is 2.17 bits per heavy atom. The third-order valence-electron chi connectivity index (χ3n) is 1.61. The fourth-order valence-electron chi connectivity index (χ4n) is 1.13. The number of halogens is 3. The number of carboxylic acid groups (broad SMARTS) is 1. The maximum Gasteiger partial charge on any atom is 0.317 e. The van der Waals surface area contributed by atoms with E-state index in [1.807, 2.05) is 0 Å². The Hall–Kier alpha value is -0.420. The molecule has 12 heavy (non-hydrogen) atoms. The molecular formula is C6H10ClF2NO2. The van der Waals surface area contributed by atoms with Crippen molar-refractivity contribution in [3.63, 3.8) is 0 Å². The first-order valence-corrected chi connectivity index (χ1v) is 3.32. The summed E-state index contributed by atoms with van der Waals surface area (Å²) in [7, 11) is 0. The van der Waals surface area contributed by atoms with Crippen LogP contribution in [-0.2, 0) is 4.79 Å². The van der Waals surface area contributed by atoms with Crippen LogP contribution in [0.3, 0.4) is 0 Å². The van der Waals surface area contributed by atoms with Gasteiger partial charge in [-0.2, -0.15) is 0 Å². The van der Waals surface area contributed by atoms with Crippen LogP contribution in [0, 0.1) is 0 Å². The Morgan fingerprint density at radius 1 is 1.58 bits per heavy atom. The molecule has 0 atom stereocenters. The van der Waals surface area contributed by atoms with Gasteiger partial charge in [0, 0.05) is 13.0 Å². The van der Waals surface area contributed by atoms with E-state index in [0.29, 0.717) is 0 Å². The van der Waals surface area contributed by atoms with Gasteiger partial charge in [0.15, 0.2) is 0 Å². The zero-order valence-electron chi connectivity index (χ0n) is 6.30. The van der Waals surface area contributed by atoms with Crippen LogP contribution in [0.4, 0.5) is 8.78 Å². The third-order valence-corrected chi connectivity index (χ3v) is 1.61. The highest BCUT2D eigenvalue weighted by Crippen LogP contribution is 2.26. The second-order valence-corrected chi connectivity index (χ2v) is 2.71. The van der Waals surface area contributed by atoms with Crippen LogP contribution >= 0.6 is 12.4 Å². The number of aliphatic carboxylic acids is 1. The van der Waals surface area contributed by atoms with Gasteiger partial charge in [0.25, 0.3) is 5.92 Å². The predicted octanol–water partition coefficient (Wildman–Crippen LogP) is 0.834. The standard InChI is InChI=1S/C6H9F2NO2.ClH/c7-6(8)1-2-9(4-6)3-5(10)11;/h1-4H2,(H,10,11);1H. The van der Waals surface area contributed by atoms with Crippen molar-refractivity contribution in [3.8, 4) is 0 Å². The lowest BCUT2D eigenvalue weighted by molar-refractivity contribution is -0.138. The van der Waals surface area contributed by atoms with Crippen molar-refractivity contribution in [1.82, 2.24) is 4.90 Å². The molecule has 6 heteroatoms. The van der Waals surface area contributed by atoms with Gasteiger partial charge in [0.2, 0.25) is 0 Å². The lowest BCUT2D eigenvalue weighted by atomic mass is 10.3. The number of rotatable bonds is 2. The molecule has 0 bridgehead atoms. The van der Waals surface area contributed by atoms with Crippen molar-refractivity contribution in [2.75, 3.05) is 19.6 Å². The fourth-order valence-corrected chi connectivity index (χ4v) is 1.13. The van der Waals surface area contributed by atoms with Crippen molar-refractivity contribution in [2.24, 2.45) is 0 Å². The molecular weight excluding hydrogens is 192 g/mol. The molecule has 0 radical (unpaired) electrons. The molecule has 1 heterocycles. The summed E-state index contributed by atoms with van der Waals surface area (Å²) in [5.41, 5.74) is 0. The van der Waals surface area contributed by atoms with E-state index in [1.54, 1.807) is 0 Å². The number of hydrogen-bond acceptors (Lipinski definition) is 2. The van der Waals surface area contributed by atoms with Gasteiger partial charge >= 0.3 is 5.97 Å². The van der Waals surface area contributed by atoms with E-state index < -0.39 is 18.4 Å².